The molecule has 0 radical (unpaired) electrons. The number of aromatic nitrogens is 1. The number of hydrogen-bond acceptors (Lipinski definition) is 2. The fraction of sp³-hybridized carbons (Fsp3) is 0.0179. The van der Waals surface area contributed by atoms with Gasteiger partial charge in [-0.3, -0.25) is 4.90 Å². The van der Waals surface area contributed by atoms with Gasteiger partial charge >= 0.3 is 0 Å². The minimum absolute atomic E-state index is 0.879. The number of fused-ring (bicyclic) bond motifs is 4. The van der Waals surface area contributed by atoms with Gasteiger partial charge in [0.05, 0.1) is 5.69 Å². The van der Waals surface area contributed by atoms with Crippen molar-refractivity contribution in [1.82, 2.24) is 4.98 Å². The fourth-order valence-electron chi connectivity index (χ4n) is 9.25. The summed E-state index contributed by atoms with van der Waals surface area (Å²) >= 11 is 0. The smallest absolute Gasteiger partial charge is 0.137 e. The zero-order valence-electron chi connectivity index (χ0n) is 32.1. The molecule has 1 aliphatic carbocycles. The van der Waals surface area contributed by atoms with E-state index in [1.807, 2.05) is 12.3 Å². The monoisotopic (exact) mass is 738 g/mol. The zero-order chi connectivity index (χ0) is 38.6. The Morgan fingerprint density at radius 1 is 0.362 bits per heavy atom. The quantitative estimate of drug-likeness (QED) is 0.162. The minimum Gasteiger partial charge on any atom is -0.295 e. The van der Waals surface area contributed by atoms with Crippen LogP contribution in [-0.2, 0) is 0 Å². The zero-order valence-corrected chi connectivity index (χ0v) is 32.1. The van der Waals surface area contributed by atoms with Gasteiger partial charge in [-0.25, -0.2) is 4.98 Å². The van der Waals surface area contributed by atoms with Crippen molar-refractivity contribution in [1.29, 1.82) is 0 Å². The lowest BCUT2D eigenvalue weighted by Crippen LogP contribution is -2.12. The predicted octanol–water partition coefficient (Wildman–Crippen LogP) is 15.5. The first-order valence-electron chi connectivity index (χ1n) is 20.0. The van der Waals surface area contributed by atoms with Gasteiger partial charge in [-0.15, -0.1) is 0 Å². The molecule has 1 aliphatic rings. The number of rotatable bonds is 7. The summed E-state index contributed by atoms with van der Waals surface area (Å²) in [7, 11) is 0. The average molecular weight is 739 g/mol. The highest BCUT2D eigenvalue weighted by Gasteiger charge is 2.31. The van der Waals surface area contributed by atoms with E-state index in [2.05, 4.69) is 212 Å². The molecule has 272 valence electrons. The highest BCUT2D eigenvalue weighted by atomic mass is 15.2. The minimum atomic E-state index is 0.879. The van der Waals surface area contributed by atoms with Gasteiger partial charge in [-0.2, -0.15) is 0 Å². The summed E-state index contributed by atoms with van der Waals surface area (Å²) in [5.41, 5.74) is 18.4. The van der Waals surface area contributed by atoms with Gasteiger partial charge in [0.2, 0.25) is 0 Å². The van der Waals surface area contributed by atoms with Crippen LogP contribution in [0, 0.1) is 6.92 Å². The Bertz CT molecular complexity index is 3040. The molecule has 9 aromatic carbocycles. The molecule has 10 aromatic rings. The summed E-state index contributed by atoms with van der Waals surface area (Å²) in [5.74, 6) is 0.879. The molecule has 0 bridgehead atoms. The second kappa shape index (κ2) is 13.9. The van der Waals surface area contributed by atoms with E-state index < -0.39 is 0 Å². The van der Waals surface area contributed by atoms with Crippen molar-refractivity contribution >= 4 is 38.7 Å². The summed E-state index contributed by atoms with van der Waals surface area (Å²) in [4.78, 5) is 7.09. The van der Waals surface area contributed by atoms with Crippen LogP contribution in [0.1, 0.15) is 5.56 Å². The van der Waals surface area contributed by atoms with Gasteiger partial charge in [0.15, 0.2) is 0 Å². The van der Waals surface area contributed by atoms with Crippen LogP contribution < -0.4 is 4.90 Å². The van der Waals surface area contributed by atoms with Crippen molar-refractivity contribution in [3.05, 3.63) is 218 Å². The standard InChI is InChI=1S/C56H38N2/c1-37-36-42(38-16-5-2-6-17-38)29-34-50(37)58(51-26-13-14-35-57-51)43-30-27-39(28-31-43)44-32-33-49-54-45(44)24-15-25-48(54)55-52(40-18-7-3-8-19-40)46-22-11-12-23-47(46)53(56(49)55)41-20-9-4-10-21-41/h2-36H,1H3. The summed E-state index contributed by atoms with van der Waals surface area (Å²) in [6, 6.07) is 74.8. The highest BCUT2D eigenvalue weighted by Crippen LogP contribution is 2.58. The highest BCUT2D eigenvalue weighted by molar-refractivity contribution is 6.28. The van der Waals surface area contributed by atoms with Gasteiger partial charge in [-0.05, 0) is 137 Å². The molecule has 0 atom stereocenters. The summed E-state index contributed by atoms with van der Waals surface area (Å²) in [6.07, 6.45) is 1.87. The number of nitrogens with zero attached hydrogens (tertiary/aromatic N) is 2. The third-order valence-corrected chi connectivity index (χ3v) is 11.8. The van der Waals surface area contributed by atoms with Gasteiger partial charge in [0.25, 0.3) is 0 Å². The molecule has 0 aliphatic heterocycles. The van der Waals surface area contributed by atoms with E-state index in [-0.39, 0.29) is 0 Å². The molecule has 0 spiro atoms. The number of anilines is 3. The number of pyridine rings is 1. The molecule has 58 heavy (non-hydrogen) atoms. The molecular weight excluding hydrogens is 701 g/mol. The molecule has 0 N–H and O–H groups in total. The molecule has 1 aromatic heterocycles. The molecule has 2 nitrogen and oxygen atoms in total. The topological polar surface area (TPSA) is 16.1 Å². The first-order chi connectivity index (χ1) is 28.7. The van der Waals surface area contributed by atoms with Crippen molar-refractivity contribution in [3.8, 4) is 66.8 Å². The predicted molar refractivity (Wildman–Crippen MR) is 245 cm³/mol. The molecule has 1 heterocycles. The van der Waals surface area contributed by atoms with Gasteiger partial charge in [0, 0.05) is 11.9 Å². The summed E-state index contributed by atoms with van der Waals surface area (Å²) in [5, 5.41) is 5.12. The van der Waals surface area contributed by atoms with E-state index >= 15 is 0 Å². The SMILES string of the molecule is Cc1cc(-c2ccccc2)ccc1N(c1ccc(-c2ccc3c4c(cccc24)-c2c-3c(-c3ccccc3)c3ccccc3c2-c2ccccc2)cc1)c1ccccn1. The van der Waals surface area contributed by atoms with Crippen LogP contribution in [0.2, 0.25) is 0 Å². The lowest BCUT2D eigenvalue weighted by atomic mass is 9.82. The van der Waals surface area contributed by atoms with Crippen LogP contribution in [-0.4, -0.2) is 4.98 Å². The van der Waals surface area contributed by atoms with Gasteiger partial charge in [-0.1, -0.05) is 170 Å². The Balaban J connectivity index is 1.07. The van der Waals surface area contributed by atoms with Crippen molar-refractivity contribution in [2.45, 2.75) is 6.92 Å². The van der Waals surface area contributed by atoms with Crippen LogP contribution in [0.4, 0.5) is 17.2 Å². The lowest BCUT2D eigenvalue weighted by molar-refractivity contribution is 1.17. The van der Waals surface area contributed by atoms with Crippen LogP contribution >= 0.6 is 0 Å². The molecule has 0 saturated carbocycles. The maximum atomic E-state index is 4.83. The Morgan fingerprint density at radius 2 is 0.897 bits per heavy atom. The summed E-state index contributed by atoms with van der Waals surface area (Å²) < 4.78 is 0. The molecule has 2 heteroatoms. The first-order valence-corrected chi connectivity index (χ1v) is 20.0. The van der Waals surface area contributed by atoms with Crippen LogP contribution in [0.15, 0.2) is 212 Å². The third-order valence-electron chi connectivity index (χ3n) is 11.8. The lowest BCUT2D eigenvalue weighted by Gasteiger charge is -2.26. The normalized spacial score (nSPS) is 11.5. The molecule has 0 fully saturated rings. The second-order valence-electron chi connectivity index (χ2n) is 15.1. The number of hydrogen-bond donors (Lipinski definition) is 0. The molecule has 11 rings (SSSR count). The van der Waals surface area contributed by atoms with Gasteiger partial charge < -0.3 is 0 Å². The molecule has 0 saturated heterocycles. The van der Waals surface area contributed by atoms with Crippen LogP contribution in [0.3, 0.4) is 0 Å². The first kappa shape index (κ1) is 33.8. The van der Waals surface area contributed by atoms with E-state index in [9.17, 15) is 0 Å². The Hall–Kier alpha value is -7.55. The molecule has 0 unspecified atom stereocenters. The maximum Gasteiger partial charge on any atom is 0.137 e. The molecular formula is C56H38N2. The van der Waals surface area contributed by atoms with Crippen LogP contribution in [0.25, 0.3) is 88.3 Å². The van der Waals surface area contributed by atoms with E-state index in [0.29, 0.717) is 0 Å². The van der Waals surface area contributed by atoms with E-state index in [4.69, 9.17) is 4.98 Å². The van der Waals surface area contributed by atoms with Crippen LogP contribution in [0.5, 0.6) is 0 Å². The van der Waals surface area contributed by atoms with Crippen molar-refractivity contribution in [2.24, 2.45) is 0 Å². The van der Waals surface area contributed by atoms with Crippen molar-refractivity contribution in [3.63, 3.8) is 0 Å². The average Bonchev–Trinajstić information content (AvgIpc) is 3.62. The number of benzene rings is 9. The van der Waals surface area contributed by atoms with E-state index in [0.717, 1.165) is 17.2 Å². The Labute approximate surface area is 339 Å². The maximum absolute atomic E-state index is 4.83. The largest absolute Gasteiger partial charge is 0.295 e. The third kappa shape index (κ3) is 5.45. The van der Waals surface area contributed by atoms with E-state index in [1.165, 1.54) is 93.9 Å². The van der Waals surface area contributed by atoms with Gasteiger partial charge in [0.1, 0.15) is 5.82 Å². The Kier molecular flexibility index (Phi) is 8.08. The fourth-order valence-corrected chi connectivity index (χ4v) is 9.25. The van der Waals surface area contributed by atoms with Crippen molar-refractivity contribution < 1.29 is 0 Å². The summed E-state index contributed by atoms with van der Waals surface area (Å²) in [6.45, 7) is 2.19. The Morgan fingerprint density at radius 3 is 1.50 bits per heavy atom. The van der Waals surface area contributed by atoms with E-state index in [1.54, 1.807) is 0 Å². The van der Waals surface area contributed by atoms with Crippen molar-refractivity contribution in [2.75, 3.05) is 4.90 Å². The molecule has 0 amide bonds. The number of aryl methyl sites for hydroxylation is 1. The second-order valence-corrected chi connectivity index (χ2v) is 15.1.